The topological polar surface area (TPSA) is 30.4 Å². The van der Waals surface area contributed by atoms with Crippen LogP contribution in [0.2, 0.25) is 0 Å². The zero-order valence-corrected chi connectivity index (χ0v) is 15.2. The van der Waals surface area contributed by atoms with E-state index in [1.807, 2.05) is 79.1 Å². The maximum atomic E-state index is 5.94. The Hall–Kier alpha value is -3.85. The van der Waals surface area contributed by atoms with Crippen molar-refractivity contribution in [1.29, 1.82) is 0 Å². The van der Waals surface area contributed by atoms with Crippen molar-refractivity contribution in [2.45, 2.75) is 0 Å². The van der Waals surface area contributed by atoms with E-state index in [0.717, 1.165) is 39.4 Å². The van der Waals surface area contributed by atoms with Crippen LogP contribution in [0.1, 0.15) is 5.69 Å². The Balaban J connectivity index is 1.39. The Morgan fingerprint density at radius 3 is 2.36 bits per heavy atom. The van der Waals surface area contributed by atoms with E-state index in [0.29, 0.717) is 0 Å². The molecule has 3 nitrogen and oxygen atoms in total. The lowest BCUT2D eigenvalue weighted by Crippen LogP contribution is -1.97. The van der Waals surface area contributed by atoms with Gasteiger partial charge in [-0.1, -0.05) is 36.4 Å². The first kappa shape index (κ1) is 16.3. The molecule has 5 rings (SSSR count). The summed E-state index contributed by atoms with van der Waals surface area (Å²) in [5.41, 5.74) is 5.01. The summed E-state index contributed by atoms with van der Waals surface area (Å²) in [4.78, 5) is 4.64. The Morgan fingerprint density at radius 2 is 1.54 bits per heavy atom. The van der Waals surface area contributed by atoms with Crippen molar-refractivity contribution in [3.8, 4) is 17.0 Å². The molecule has 3 aromatic carbocycles. The first-order chi connectivity index (χ1) is 13.9. The van der Waals surface area contributed by atoms with Gasteiger partial charge in [-0.25, -0.2) is 0 Å². The van der Waals surface area contributed by atoms with Crippen molar-refractivity contribution in [2.24, 2.45) is 4.99 Å². The van der Waals surface area contributed by atoms with Crippen LogP contribution >= 0.6 is 0 Å². The average Bonchev–Trinajstić information content (AvgIpc) is 3.40. The summed E-state index contributed by atoms with van der Waals surface area (Å²) in [6.07, 6.45) is 3.94. The van der Waals surface area contributed by atoms with Gasteiger partial charge in [-0.3, -0.25) is 4.99 Å². The Kier molecular flexibility index (Phi) is 4.11. The molecule has 0 atom stereocenters. The highest BCUT2D eigenvalue weighted by atomic mass is 16.3. The molecule has 5 aromatic rings. The molecule has 0 unspecified atom stereocenters. The van der Waals surface area contributed by atoms with Crippen molar-refractivity contribution in [1.82, 2.24) is 4.57 Å². The number of benzene rings is 3. The molecule has 0 saturated carbocycles. The van der Waals surface area contributed by atoms with Crippen molar-refractivity contribution >= 4 is 22.9 Å². The van der Waals surface area contributed by atoms with E-state index >= 15 is 0 Å². The smallest absolute Gasteiger partial charge is 0.135 e. The highest BCUT2D eigenvalue weighted by Crippen LogP contribution is 2.29. The van der Waals surface area contributed by atoms with Gasteiger partial charge in [0.2, 0.25) is 0 Å². The van der Waals surface area contributed by atoms with Crippen molar-refractivity contribution < 1.29 is 4.42 Å². The molecule has 0 amide bonds. The fourth-order valence-corrected chi connectivity index (χ4v) is 3.30. The minimum absolute atomic E-state index is 0.870. The molecule has 0 aliphatic heterocycles. The van der Waals surface area contributed by atoms with Gasteiger partial charge < -0.3 is 8.98 Å². The van der Waals surface area contributed by atoms with E-state index in [1.54, 1.807) is 0 Å². The first-order valence-corrected chi connectivity index (χ1v) is 9.23. The van der Waals surface area contributed by atoms with Crippen LogP contribution in [0.3, 0.4) is 0 Å². The standard InChI is InChI=1S/C25H18N2O/c1-2-8-22(9-3-1)27-16-6-10-23(27)18-26-21-14-12-19(13-15-21)25-17-20-7-4-5-11-24(20)28-25/h1-18H. The Morgan fingerprint density at radius 1 is 0.750 bits per heavy atom. The van der Waals surface area contributed by atoms with Gasteiger partial charge in [0.15, 0.2) is 0 Å². The molecule has 2 aromatic heterocycles. The predicted molar refractivity (Wildman–Crippen MR) is 115 cm³/mol. The van der Waals surface area contributed by atoms with E-state index in [2.05, 4.69) is 39.9 Å². The summed E-state index contributed by atoms with van der Waals surface area (Å²) in [7, 11) is 0. The number of furan rings is 1. The van der Waals surface area contributed by atoms with Crippen LogP contribution < -0.4 is 0 Å². The molecule has 2 heterocycles. The number of rotatable bonds is 4. The van der Waals surface area contributed by atoms with Gasteiger partial charge in [-0.05, 0) is 60.7 Å². The molecule has 0 saturated heterocycles. The molecule has 134 valence electrons. The van der Waals surface area contributed by atoms with Gasteiger partial charge in [0.05, 0.1) is 17.6 Å². The minimum Gasteiger partial charge on any atom is -0.456 e. The third kappa shape index (κ3) is 3.14. The van der Waals surface area contributed by atoms with Gasteiger partial charge >= 0.3 is 0 Å². The van der Waals surface area contributed by atoms with Crippen LogP contribution in [0.25, 0.3) is 28.0 Å². The highest BCUT2D eigenvalue weighted by molar-refractivity contribution is 5.83. The summed E-state index contributed by atoms with van der Waals surface area (Å²) in [5, 5.41) is 1.11. The summed E-state index contributed by atoms with van der Waals surface area (Å²) >= 11 is 0. The lowest BCUT2D eigenvalue weighted by molar-refractivity contribution is 0.631. The molecule has 0 aliphatic rings. The predicted octanol–water partition coefficient (Wildman–Crippen LogP) is 6.64. The number of hydrogen-bond acceptors (Lipinski definition) is 2. The van der Waals surface area contributed by atoms with Crippen LogP contribution in [-0.4, -0.2) is 10.8 Å². The quantitative estimate of drug-likeness (QED) is 0.330. The van der Waals surface area contributed by atoms with Gasteiger partial charge in [0.1, 0.15) is 11.3 Å². The number of fused-ring (bicyclic) bond motifs is 1. The molecule has 0 bridgehead atoms. The van der Waals surface area contributed by atoms with Crippen LogP contribution in [0.4, 0.5) is 5.69 Å². The van der Waals surface area contributed by atoms with E-state index in [4.69, 9.17) is 4.42 Å². The largest absolute Gasteiger partial charge is 0.456 e. The normalized spacial score (nSPS) is 11.4. The van der Waals surface area contributed by atoms with Crippen LogP contribution in [-0.2, 0) is 0 Å². The van der Waals surface area contributed by atoms with Gasteiger partial charge in [-0.15, -0.1) is 0 Å². The number of aliphatic imine (C=N–C) groups is 1. The zero-order valence-electron chi connectivity index (χ0n) is 15.2. The summed E-state index contributed by atoms with van der Waals surface area (Å²) in [5.74, 6) is 0.870. The van der Waals surface area contributed by atoms with E-state index in [1.165, 1.54) is 0 Å². The van der Waals surface area contributed by atoms with Crippen molar-refractivity contribution in [3.05, 3.63) is 109 Å². The van der Waals surface area contributed by atoms with E-state index in [-0.39, 0.29) is 0 Å². The number of aromatic nitrogens is 1. The molecule has 0 N–H and O–H groups in total. The molecular weight excluding hydrogens is 344 g/mol. The van der Waals surface area contributed by atoms with Gasteiger partial charge in [0, 0.05) is 22.8 Å². The summed E-state index contributed by atoms with van der Waals surface area (Å²) < 4.78 is 8.05. The van der Waals surface area contributed by atoms with Crippen molar-refractivity contribution in [2.75, 3.05) is 0 Å². The number of nitrogens with zero attached hydrogens (tertiary/aromatic N) is 2. The van der Waals surface area contributed by atoms with Crippen molar-refractivity contribution in [3.63, 3.8) is 0 Å². The summed E-state index contributed by atoms with van der Waals surface area (Å²) in [6.45, 7) is 0. The molecule has 28 heavy (non-hydrogen) atoms. The molecule has 0 aliphatic carbocycles. The van der Waals surface area contributed by atoms with Crippen LogP contribution in [0.5, 0.6) is 0 Å². The molecule has 0 spiro atoms. The Bertz CT molecular complexity index is 1210. The fourth-order valence-electron chi connectivity index (χ4n) is 3.30. The highest BCUT2D eigenvalue weighted by Gasteiger charge is 2.05. The van der Waals surface area contributed by atoms with Gasteiger partial charge in [-0.2, -0.15) is 0 Å². The zero-order chi connectivity index (χ0) is 18.8. The number of para-hydroxylation sites is 2. The van der Waals surface area contributed by atoms with E-state index in [9.17, 15) is 0 Å². The second-order valence-corrected chi connectivity index (χ2v) is 6.59. The first-order valence-electron chi connectivity index (χ1n) is 9.23. The molecule has 3 heteroatoms. The molecular formula is C25H18N2O. The second kappa shape index (κ2) is 7.05. The lowest BCUT2D eigenvalue weighted by Gasteiger charge is -2.05. The van der Waals surface area contributed by atoms with E-state index < -0.39 is 0 Å². The Labute approximate surface area is 163 Å². The van der Waals surface area contributed by atoms with Gasteiger partial charge in [0.25, 0.3) is 0 Å². The van der Waals surface area contributed by atoms with Crippen LogP contribution in [0.15, 0.2) is 113 Å². The molecule has 0 fully saturated rings. The maximum absolute atomic E-state index is 5.94. The fraction of sp³-hybridized carbons (Fsp3) is 0. The third-order valence-electron chi connectivity index (χ3n) is 4.74. The summed E-state index contributed by atoms with van der Waals surface area (Å²) in [6, 6.07) is 32.6. The SMILES string of the molecule is C(=Nc1ccc(-c2cc3ccccc3o2)cc1)c1cccn1-c1ccccc1. The lowest BCUT2D eigenvalue weighted by atomic mass is 10.1. The minimum atomic E-state index is 0.870. The average molecular weight is 362 g/mol. The monoisotopic (exact) mass is 362 g/mol. The number of hydrogen-bond donors (Lipinski definition) is 0. The third-order valence-corrected chi connectivity index (χ3v) is 4.74. The molecule has 0 radical (unpaired) electrons. The maximum Gasteiger partial charge on any atom is 0.135 e. The van der Waals surface area contributed by atoms with Crippen LogP contribution in [0, 0.1) is 0 Å². The second-order valence-electron chi connectivity index (χ2n) is 6.59.